The van der Waals surface area contributed by atoms with Gasteiger partial charge in [0.1, 0.15) is 5.76 Å². The fraction of sp³-hybridized carbons (Fsp3) is 0.105. The van der Waals surface area contributed by atoms with Crippen LogP contribution in [0.25, 0.3) is 16.6 Å². The van der Waals surface area contributed by atoms with Crippen LogP contribution in [0.15, 0.2) is 65.5 Å². The van der Waals surface area contributed by atoms with Gasteiger partial charge in [0, 0.05) is 0 Å². The van der Waals surface area contributed by atoms with Crippen molar-refractivity contribution in [2.75, 3.05) is 12.3 Å². The lowest BCUT2D eigenvalue weighted by atomic mass is 10.1. The fourth-order valence-corrected chi connectivity index (χ4v) is 3.57. The summed E-state index contributed by atoms with van der Waals surface area (Å²) in [6.45, 7) is 0.0735. The van der Waals surface area contributed by atoms with E-state index in [4.69, 9.17) is 5.41 Å². The maximum Gasteiger partial charge on any atom is 0.249 e. The van der Waals surface area contributed by atoms with Crippen LogP contribution in [0.3, 0.4) is 0 Å². The van der Waals surface area contributed by atoms with Crippen molar-refractivity contribution in [3.8, 4) is 0 Å². The molecule has 0 atom stereocenters. The van der Waals surface area contributed by atoms with Gasteiger partial charge < -0.3 is 10.1 Å². The van der Waals surface area contributed by atoms with Gasteiger partial charge in [-0.25, -0.2) is 4.98 Å². The number of rotatable bonds is 5. The average molecular weight is 379 g/mol. The third-order valence-corrected chi connectivity index (χ3v) is 5.01. The van der Waals surface area contributed by atoms with Crippen molar-refractivity contribution in [3.63, 3.8) is 0 Å². The van der Waals surface area contributed by atoms with Crippen LogP contribution in [0.2, 0.25) is 0 Å². The Kier molecular flexibility index (Phi) is 4.55. The first-order valence-electron chi connectivity index (χ1n) is 8.33. The smallest absolute Gasteiger partial charge is 0.249 e. The van der Waals surface area contributed by atoms with E-state index in [2.05, 4.69) is 15.4 Å². The van der Waals surface area contributed by atoms with Gasteiger partial charge >= 0.3 is 0 Å². The summed E-state index contributed by atoms with van der Waals surface area (Å²) in [5, 5.41) is 20.5. The highest BCUT2D eigenvalue weighted by molar-refractivity contribution is 7.99. The number of nitrogens with zero attached hydrogens (tertiary/aromatic N) is 2. The second-order valence-corrected chi connectivity index (χ2v) is 6.97. The molecule has 1 aromatic heterocycles. The molecule has 1 amide bonds. The summed E-state index contributed by atoms with van der Waals surface area (Å²) in [4.78, 5) is 19.8. The van der Waals surface area contributed by atoms with Crippen LogP contribution in [-0.4, -0.2) is 44.1 Å². The van der Waals surface area contributed by atoms with E-state index in [1.807, 2.05) is 54.6 Å². The zero-order chi connectivity index (χ0) is 18.8. The van der Waals surface area contributed by atoms with Crippen LogP contribution in [0.4, 0.5) is 0 Å². The van der Waals surface area contributed by atoms with E-state index in [0.717, 1.165) is 16.6 Å². The summed E-state index contributed by atoms with van der Waals surface area (Å²) < 4.78 is 0. The molecule has 4 rings (SSSR count). The Morgan fingerprint density at radius 3 is 2.74 bits per heavy atom. The molecule has 1 aliphatic rings. The summed E-state index contributed by atoms with van der Waals surface area (Å²) in [5.41, 5.74) is 5.61. The minimum Gasteiger partial charge on any atom is -0.510 e. The number of hydrogen-bond donors (Lipinski definition) is 4. The van der Waals surface area contributed by atoms with E-state index in [-0.39, 0.29) is 29.8 Å². The number of fused-ring (bicyclic) bond motifs is 1. The van der Waals surface area contributed by atoms with Crippen LogP contribution in [0.5, 0.6) is 0 Å². The molecule has 2 heterocycles. The normalized spacial score (nSPS) is 14.2. The number of aromatic amines is 1. The van der Waals surface area contributed by atoms with Gasteiger partial charge in [-0.1, -0.05) is 54.2 Å². The van der Waals surface area contributed by atoms with Crippen LogP contribution >= 0.6 is 11.8 Å². The van der Waals surface area contributed by atoms with Crippen molar-refractivity contribution in [3.05, 3.63) is 65.9 Å². The topological polar surface area (TPSA) is 105 Å². The molecule has 0 saturated carbocycles. The minimum absolute atomic E-state index is 0.0661. The van der Waals surface area contributed by atoms with Crippen molar-refractivity contribution >= 4 is 40.1 Å². The van der Waals surface area contributed by atoms with E-state index >= 15 is 0 Å². The average Bonchev–Trinajstić information content (AvgIpc) is 3.21. The van der Waals surface area contributed by atoms with Crippen LogP contribution < -0.4 is 5.43 Å². The number of para-hydroxylation sites is 2. The van der Waals surface area contributed by atoms with Crippen molar-refractivity contribution in [2.24, 2.45) is 0 Å². The molecule has 0 fully saturated rings. The number of thioether (sulfide) groups is 1. The zero-order valence-corrected chi connectivity index (χ0v) is 15.1. The quantitative estimate of drug-likeness (QED) is 0.510. The molecular formula is C19H17N5O2S. The van der Waals surface area contributed by atoms with Gasteiger partial charge in [-0.3, -0.25) is 20.6 Å². The van der Waals surface area contributed by atoms with Crippen molar-refractivity contribution in [1.29, 1.82) is 5.41 Å². The number of benzene rings is 2. The monoisotopic (exact) mass is 379 g/mol. The number of carbonyl (C=O) groups is 1. The van der Waals surface area contributed by atoms with Crippen molar-refractivity contribution < 1.29 is 9.90 Å². The molecule has 2 aromatic carbocycles. The molecule has 0 saturated heterocycles. The van der Waals surface area contributed by atoms with Gasteiger partial charge in [0.05, 0.1) is 28.9 Å². The number of aliphatic hydroxyl groups excluding tert-OH is 1. The van der Waals surface area contributed by atoms with Crippen molar-refractivity contribution in [2.45, 2.75) is 5.16 Å². The standard InChI is InChI=1S/C19H17N5O2S/c20-18-17(12-6-2-1-3-7-12)15(25)10-24(18)23-16(26)11-27-19-21-13-8-4-5-9-14(13)22-19/h1-9,20,25H,10-11H2,(H,21,22)(H,23,26). The number of hydrazine groups is 1. The fourth-order valence-electron chi connectivity index (χ4n) is 2.90. The van der Waals surface area contributed by atoms with Crippen molar-refractivity contribution in [1.82, 2.24) is 20.4 Å². The first-order chi connectivity index (χ1) is 13.1. The van der Waals surface area contributed by atoms with Gasteiger partial charge in [-0.15, -0.1) is 0 Å². The lowest BCUT2D eigenvalue weighted by Crippen LogP contribution is -2.44. The zero-order valence-electron chi connectivity index (χ0n) is 14.3. The summed E-state index contributed by atoms with van der Waals surface area (Å²) in [5.74, 6) is 0.00920. The Balaban J connectivity index is 1.37. The number of amidine groups is 1. The highest BCUT2D eigenvalue weighted by Gasteiger charge is 2.29. The Morgan fingerprint density at radius 1 is 1.22 bits per heavy atom. The van der Waals surface area contributed by atoms with Crippen LogP contribution in [-0.2, 0) is 4.79 Å². The summed E-state index contributed by atoms with van der Waals surface area (Å²) in [6, 6.07) is 16.9. The van der Waals surface area contributed by atoms with Crippen LogP contribution in [0, 0.1) is 5.41 Å². The minimum atomic E-state index is -0.271. The third kappa shape index (κ3) is 3.52. The Labute approximate surface area is 159 Å². The van der Waals surface area contributed by atoms with Gasteiger partial charge in [0.25, 0.3) is 0 Å². The molecule has 0 radical (unpaired) electrons. The summed E-state index contributed by atoms with van der Waals surface area (Å²) in [7, 11) is 0. The molecule has 0 unspecified atom stereocenters. The lowest BCUT2D eigenvalue weighted by molar-refractivity contribution is -0.121. The molecular weight excluding hydrogens is 362 g/mol. The predicted octanol–water partition coefficient (Wildman–Crippen LogP) is 2.95. The van der Waals surface area contributed by atoms with E-state index in [0.29, 0.717) is 10.7 Å². The van der Waals surface area contributed by atoms with Gasteiger partial charge in [0.2, 0.25) is 5.91 Å². The number of H-pyrrole nitrogens is 1. The Morgan fingerprint density at radius 2 is 1.96 bits per heavy atom. The Bertz CT molecular complexity index is 1010. The highest BCUT2D eigenvalue weighted by atomic mass is 32.2. The van der Waals surface area contributed by atoms with E-state index < -0.39 is 0 Å². The second-order valence-electron chi connectivity index (χ2n) is 6.01. The predicted molar refractivity (Wildman–Crippen MR) is 105 cm³/mol. The first-order valence-corrected chi connectivity index (χ1v) is 9.31. The number of imidazole rings is 1. The van der Waals surface area contributed by atoms with Gasteiger partial charge in [0.15, 0.2) is 11.0 Å². The molecule has 4 N–H and O–H groups in total. The van der Waals surface area contributed by atoms with E-state index in [1.165, 1.54) is 16.8 Å². The van der Waals surface area contributed by atoms with Gasteiger partial charge in [-0.2, -0.15) is 0 Å². The maximum atomic E-state index is 12.3. The number of hydrogen-bond acceptors (Lipinski definition) is 5. The molecule has 0 bridgehead atoms. The summed E-state index contributed by atoms with van der Waals surface area (Å²) >= 11 is 1.28. The molecule has 0 aliphatic carbocycles. The number of amides is 1. The molecule has 3 aromatic rings. The summed E-state index contributed by atoms with van der Waals surface area (Å²) in [6.07, 6.45) is 0. The second kappa shape index (κ2) is 7.16. The molecule has 8 heteroatoms. The molecule has 27 heavy (non-hydrogen) atoms. The molecule has 1 aliphatic heterocycles. The third-order valence-electron chi connectivity index (χ3n) is 4.13. The Hall–Kier alpha value is -3.26. The van der Waals surface area contributed by atoms with Crippen LogP contribution in [0.1, 0.15) is 5.56 Å². The molecule has 136 valence electrons. The lowest BCUT2D eigenvalue weighted by Gasteiger charge is -2.19. The molecule has 7 nitrogen and oxygen atoms in total. The SMILES string of the molecule is N=C1C(c2ccccc2)=C(O)CN1NC(=O)CSc1nc2ccccc2[nH]1. The maximum absolute atomic E-state index is 12.3. The first kappa shape index (κ1) is 17.2. The van der Waals surface area contributed by atoms with Gasteiger partial charge in [-0.05, 0) is 17.7 Å². The number of aromatic nitrogens is 2. The highest BCUT2D eigenvalue weighted by Crippen LogP contribution is 2.26. The molecule has 0 spiro atoms. The largest absolute Gasteiger partial charge is 0.510 e. The number of nitrogens with one attached hydrogen (secondary N) is 3. The van der Waals surface area contributed by atoms with E-state index in [1.54, 1.807) is 0 Å². The number of aliphatic hydroxyl groups is 1. The number of carbonyl (C=O) groups excluding carboxylic acids is 1. The van der Waals surface area contributed by atoms with E-state index in [9.17, 15) is 9.90 Å².